The second-order valence-corrected chi connectivity index (χ2v) is 10.5. The molecule has 0 spiro atoms. The smallest absolute Gasteiger partial charge is 0.308 e. The lowest BCUT2D eigenvalue weighted by molar-refractivity contribution is -0.779. The van der Waals surface area contributed by atoms with E-state index in [1.807, 2.05) is 19.9 Å². The highest BCUT2D eigenvalue weighted by Gasteiger charge is 2.42. The highest BCUT2D eigenvalue weighted by Crippen LogP contribution is 2.44. The molecule has 9 atom stereocenters. The van der Waals surface area contributed by atoms with E-state index in [0.29, 0.717) is 25.7 Å². The van der Waals surface area contributed by atoms with Crippen molar-refractivity contribution in [3.8, 4) is 0 Å². The van der Waals surface area contributed by atoms with Crippen molar-refractivity contribution >= 4 is 11.9 Å². The van der Waals surface area contributed by atoms with Crippen LogP contribution in [0.1, 0.15) is 66.2 Å². The Labute approximate surface area is 229 Å². The van der Waals surface area contributed by atoms with Crippen LogP contribution in [-0.2, 0) is 28.6 Å². The Morgan fingerprint density at radius 3 is 2.59 bits per heavy atom. The van der Waals surface area contributed by atoms with Gasteiger partial charge in [-0.15, -0.1) is 10.1 Å². The third-order valence-electron chi connectivity index (χ3n) is 7.37. The van der Waals surface area contributed by atoms with E-state index in [1.54, 1.807) is 6.08 Å². The van der Waals surface area contributed by atoms with Crippen LogP contribution in [0.4, 0.5) is 0 Å². The average Bonchev–Trinajstić information content (AvgIpc) is 2.84. The van der Waals surface area contributed by atoms with Crippen LogP contribution < -0.4 is 0 Å². The van der Waals surface area contributed by atoms with Gasteiger partial charge in [-0.1, -0.05) is 39.0 Å². The number of hydrogen-bond donors (Lipinski definition) is 3. The van der Waals surface area contributed by atoms with Gasteiger partial charge in [0.1, 0.15) is 12.7 Å². The molecule has 0 aliphatic heterocycles. The van der Waals surface area contributed by atoms with Crippen molar-refractivity contribution in [1.29, 1.82) is 0 Å². The lowest BCUT2D eigenvalue weighted by Gasteiger charge is -2.43. The molecule has 0 heterocycles. The van der Waals surface area contributed by atoms with Crippen LogP contribution in [0.2, 0.25) is 0 Å². The number of hydrogen-bond acceptors (Lipinski definition) is 11. The quantitative estimate of drug-likeness (QED) is 0.0836. The van der Waals surface area contributed by atoms with Gasteiger partial charge in [0.05, 0.1) is 37.3 Å². The number of ether oxygens (including phenoxy) is 3. The first-order valence-corrected chi connectivity index (χ1v) is 13.6. The number of rotatable bonds is 16. The number of aliphatic hydroxyl groups is 3. The molecule has 0 aromatic rings. The van der Waals surface area contributed by atoms with E-state index in [-0.39, 0.29) is 55.7 Å². The van der Waals surface area contributed by atoms with Gasteiger partial charge in [-0.3, -0.25) is 14.4 Å². The second-order valence-electron chi connectivity index (χ2n) is 10.5. The molecule has 0 radical (unpaired) electrons. The number of fused-ring (bicyclic) bond motifs is 1. The molecular formula is C27H43NO11. The van der Waals surface area contributed by atoms with Gasteiger partial charge >= 0.3 is 11.9 Å². The summed E-state index contributed by atoms with van der Waals surface area (Å²) in [6.45, 7) is 6.86. The summed E-state index contributed by atoms with van der Waals surface area (Å²) in [6, 6.07) is 0. The predicted molar refractivity (Wildman–Crippen MR) is 138 cm³/mol. The number of aliphatic hydroxyl groups excluding tert-OH is 3. The molecule has 0 saturated heterocycles. The molecule has 3 N–H and O–H groups in total. The normalized spacial score (nSPS) is 27.4. The SMILES string of the molecule is CC[C@H](C)C(=O)O[C@H]1C[C@H](O)C=C2C=C[C@H](C)[C@H](CC[C@@H](O)C[C@@H](O)CC(=O)OCCOC(C)O[N+](=O)[O-])[C@H]21. The minimum absolute atomic E-state index is 0.0191. The van der Waals surface area contributed by atoms with Crippen molar-refractivity contribution in [2.24, 2.45) is 23.7 Å². The Hall–Kier alpha value is -2.54. The van der Waals surface area contributed by atoms with Gasteiger partial charge in [-0.05, 0) is 50.0 Å². The first-order valence-electron chi connectivity index (χ1n) is 13.6. The van der Waals surface area contributed by atoms with Crippen LogP contribution in [0.3, 0.4) is 0 Å². The molecule has 0 bridgehead atoms. The van der Waals surface area contributed by atoms with Crippen molar-refractivity contribution in [1.82, 2.24) is 0 Å². The minimum Gasteiger partial charge on any atom is -0.463 e. The zero-order valence-corrected chi connectivity index (χ0v) is 23.1. The van der Waals surface area contributed by atoms with Crippen molar-refractivity contribution in [3.63, 3.8) is 0 Å². The van der Waals surface area contributed by atoms with Gasteiger partial charge in [-0.2, -0.15) is 0 Å². The fraction of sp³-hybridized carbons (Fsp3) is 0.778. The number of esters is 2. The summed E-state index contributed by atoms with van der Waals surface area (Å²) in [5, 5.41) is 40.4. The van der Waals surface area contributed by atoms with Crippen molar-refractivity contribution in [3.05, 3.63) is 33.9 Å². The maximum atomic E-state index is 12.6. The molecular weight excluding hydrogens is 514 g/mol. The summed E-state index contributed by atoms with van der Waals surface area (Å²) in [7, 11) is 0. The van der Waals surface area contributed by atoms with Gasteiger partial charge in [0.25, 0.3) is 5.09 Å². The molecule has 1 unspecified atom stereocenters. The van der Waals surface area contributed by atoms with Crippen LogP contribution in [0.25, 0.3) is 0 Å². The molecule has 0 fully saturated rings. The number of carbonyl (C=O) groups excluding carboxylic acids is 2. The number of allylic oxidation sites excluding steroid dienone is 2. The third kappa shape index (κ3) is 10.9. The second kappa shape index (κ2) is 15.9. The lowest BCUT2D eigenvalue weighted by atomic mass is 9.66. The van der Waals surface area contributed by atoms with Crippen LogP contribution in [-0.4, -0.2) is 76.3 Å². The summed E-state index contributed by atoms with van der Waals surface area (Å²) < 4.78 is 15.8. The molecule has 0 aromatic carbocycles. The topological polar surface area (TPSA) is 175 Å². The summed E-state index contributed by atoms with van der Waals surface area (Å²) in [5.74, 6) is -1.09. The molecule has 2 aliphatic carbocycles. The van der Waals surface area contributed by atoms with Crippen LogP contribution >= 0.6 is 0 Å². The molecule has 12 nitrogen and oxygen atoms in total. The summed E-state index contributed by atoms with van der Waals surface area (Å²) in [5.41, 5.74) is 0.930. The Bertz CT molecular complexity index is 876. The molecule has 2 rings (SSSR count). The standard InChI is InChI=1S/C27H43NO11/c1-5-16(2)27(33)38-24-14-21(30)12-19-7-6-17(3)23(26(19)24)9-8-20(29)13-22(31)15-25(32)37-11-10-36-18(4)39-28(34)35/h6-7,12,16-18,20-24,26,29-31H,5,8-11,13-15H2,1-4H3/t16-,17-,18?,20+,21+,22+,23-,24-,26-/m0/s1. The van der Waals surface area contributed by atoms with E-state index in [9.17, 15) is 35.0 Å². The molecule has 222 valence electrons. The highest BCUT2D eigenvalue weighted by molar-refractivity contribution is 5.72. The van der Waals surface area contributed by atoms with Crippen LogP contribution in [0.5, 0.6) is 0 Å². The molecule has 0 amide bonds. The zero-order valence-electron chi connectivity index (χ0n) is 23.1. The zero-order chi connectivity index (χ0) is 29.1. The highest BCUT2D eigenvalue weighted by atomic mass is 17.0. The first-order chi connectivity index (χ1) is 18.4. The monoisotopic (exact) mass is 557 g/mol. The van der Waals surface area contributed by atoms with E-state index in [2.05, 4.69) is 17.8 Å². The van der Waals surface area contributed by atoms with Crippen molar-refractivity contribution in [2.75, 3.05) is 13.2 Å². The summed E-state index contributed by atoms with van der Waals surface area (Å²) in [4.78, 5) is 38.9. The van der Waals surface area contributed by atoms with Crippen molar-refractivity contribution < 1.29 is 49.0 Å². The average molecular weight is 558 g/mol. The first kappa shape index (κ1) is 32.7. The van der Waals surface area contributed by atoms with E-state index in [1.165, 1.54) is 6.92 Å². The van der Waals surface area contributed by atoms with Gasteiger partial charge in [-0.25, -0.2) is 0 Å². The maximum absolute atomic E-state index is 12.6. The lowest BCUT2D eigenvalue weighted by Crippen LogP contribution is -2.43. The Morgan fingerprint density at radius 1 is 1.21 bits per heavy atom. The van der Waals surface area contributed by atoms with Crippen LogP contribution in [0, 0.1) is 33.8 Å². The molecule has 0 saturated carbocycles. The molecule has 39 heavy (non-hydrogen) atoms. The Kier molecular flexibility index (Phi) is 13.3. The Morgan fingerprint density at radius 2 is 1.92 bits per heavy atom. The summed E-state index contributed by atoms with van der Waals surface area (Å²) in [6.07, 6.45) is 3.22. The van der Waals surface area contributed by atoms with Gasteiger partial charge in [0.2, 0.25) is 6.29 Å². The molecule has 12 heteroatoms. The van der Waals surface area contributed by atoms with E-state index >= 15 is 0 Å². The van der Waals surface area contributed by atoms with E-state index < -0.39 is 41.8 Å². The molecule has 0 aromatic heterocycles. The van der Waals surface area contributed by atoms with E-state index in [4.69, 9.17) is 14.2 Å². The van der Waals surface area contributed by atoms with E-state index in [0.717, 1.165) is 5.57 Å². The predicted octanol–water partition coefficient (Wildman–Crippen LogP) is 2.47. The van der Waals surface area contributed by atoms with Crippen LogP contribution in [0.15, 0.2) is 23.8 Å². The third-order valence-corrected chi connectivity index (χ3v) is 7.37. The largest absolute Gasteiger partial charge is 0.463 e. The fourth-order valence-electron chi connectivity index (χ4n) is 5.09. The maximum Gasteiger partial charge on any atom is 0.308 e. The number of nitrogens with zero attached hydrogens (tertiary/aromatic N) is 1. The molecule has 2 aliphatic rings. The number of carbonyl (C=O) groups is 2. The van der Waals surface area contributed by atoms with Gasteiger partial charge in [0, 0.05) is 12.3 Å². The summed E-state index contributed by atoms with van der Waals surface area (Å²) >= 11 is 0. The van der Waals surface area contributed by atoms with Gasteiger partial charge < -0.3 is 29.5 Å². The minimum atomic E-state index is -1.11. The van der Waals surface area contributed by atoms with Gasteiger partial charge in [0.15, 0.2) is 0 Å². The fourth-order valence-corrected chi connectivity index (χ4v) is 5.09. The van der Waals surface area contributed by atoms with Crippen molar-refractivity contribution in [2.45, 2.75) is 96.9 Å². The Balaban J connectivity index is 1.84.